The van der Waals surface area contributed by atoms with Crippen LogP contribution in [0.4, 0.5) is 0 Å². The first-order chi connectivity index (χ1) is 10.1. The van der Waals surface area contributed by atoms with Gasteiger partial charge in [-0.15, -0.1) is 0 Å². The molecule has 0 saturated heterocycles. The van der Waals surface area contributed by atoms with Gasteiger partial charge in [0.05, 0.1) is 6.20 Å². The van der Waals surface area contributed by atoms with Crippen molar-refractivity contribution in [2.24, 2.45) is 0 Å². The minimum Gasteiger partial charge on any atom is -0.349 e. The van der Waals surface area contributed by atoms with Gasteiger partial charge in [-0.05, 0) is 20.0 Å². The Kier molecular flexibility index (Phi) is 5.48. The van der Waals surface area contributed by atoms with Crippen LogP contribution >= 0.6 is 0 Å². The van der Waals surface area contributed by atoms with Gasteiger partial charge in [-0.2, -0.15) is 5.10 Å². The number of hydrogen-bond acceptors (Lipinski definition) is 5. The lowest BCUT2D eigenvalue weighted by molar-refractivity contribution is 0.560. The molecule has 21 heavy (non-hydrogen) atoms. The Balaban J connectivity index is 1.86. The molecule has 0 spiro atoms. The normalized spacial score (nSPS) is 11.9. The van der Waals surface area contributed by atoms with E-state index in [1.165, 1.54) is 6.20 Å². The molecule has 0 aliphatic rings. The van der Waals surface area contributed by atoms with E-state index in [1.54, 1.807) is 23.3 Å². The first kappa shape index (κ1) is 15.7. The van der Waals surface area contributed by atoms with Crippen molar-refractivity contribution in [1.82, 2.24) is 29.8 Å². The number of aromatic amines is 1. The highest BCUT2D eigenvalue weighted by Crippen LogP contribution is 2.07. The molecule has 116 valence electrons. The number of aryl methyl sites for hydroxylation is 1. The number of nitrogens with one attached hydrogen (secondary N) is 3. The molecule has 0 radical (unpaired) electrons. The van der Waals surface area contributed by atoms with Crippen LogP contribution in [0.1, 0.15) is 12.2 Å². The molecule has 2 aromatic rings. The molecular weight excluding hydrogens is 292 g/mol. The van der Waals surface area contributed by atoms with Crippen LogP contribution in [-0.2, 0) is 23.0 Å². The molecule has 8 nitrogen and oxygen atoms in total. The van der Waals surface area contributed by atoms with Gasteiger partial charge in [-0.3, -0.25) is 4.68 Å². The third-order valence-corrected chi connectivity index (χ3v) is 4.36. The number of rotatable bonds is 9. The SMILES string of the molecule is CNCCCn1cc(S(=O)(=O)NCCc2ncc[nH]2)cn1. The van der Waals surface area contributed by atoms with Gasteiger partial charge >= 0.3 is 0 Å². The Morgan fingerprint density at radius 3 is 2.95 bits per heavy atom. The van der Waals surface area contributed by atoms with E-state index in [1.807, 2.05) is 7.05 Å². The van der Waals surface area contributed by atoms with Gasteiger partial charge in [-0.1, -0.05) is 0 Å². The monoisotopic (exact) mass is 312 g/mol. The predicted octanol–water partition coefficient (Wildman–Crippen LogP) is -0.263. The molecule has 2 aromatic heterocycles. The fourth-order valence-corrected chi connectivity index (χ4v) is 2.83. The summed E-state index contributed by atoms with van der Waals surface area (Å²) in [6.07, 6.45) is 7.67. The van der Waals surface area contributed by atoms with Crippen LogP contribution < -0.4 is 10.0 Å². The van der Waals surface area contributed by atoms with Crippen LogP contribution in [0.25, 0.3) is 0 Å². The van der Waals surface area contributed by atoms with E-state index in [0.717, 1.165) is 18.8 Å². The van der Waals surface area contributed by atoms with Crippen LogP contribution in [-0.4, -0.2) is 48.3 Å². The predicted molar refractivity (Wildman–Crippen MR) is 78.3 cm³/mol. The molecule has 0 amide bonds. The minimum absolute atomic E-state index is 0.186. The lowest BCUT2D eigenvalue weighted by Crippen LogP contribution is -2.26. The molecular formula is C12H20N6O2S. The highest BCUT2D eigenvalue weighted by atomic mass is 32.2. The second-order valence-corrected chi connectivity index (χ2v) is 6.35. The lowest BCUT2D eigenvalue weighted by atomic mass is 10.4. The van der Waals surface area contributed by atoms with Crippen molar-refractivity contribution in [2.75, 3.05) is 20.1 Å². The molecule has 2 heterocycles. The van der Waals surface area contributed by atoms with E-state index in [0.29, 0.717) is 19.5 Å². The molecule has 9 heteroatoms. The molecule has 3 N–H and O–H groups in total. The van der Waals surface area contributed by atoms with Gasteiger partial charge in [-0.25, -0.2) is 18.1 Å². The number of hydrogen-bond donors (Lipinski definition) is 3. The van der Waals surface area contributed by atoms with Crippen LogP contribution in [0.2, 0.25) is 0 Å². The maximum atomic E-state index is 12.1. The van der Waals surface area contributed by atoms with Crippen molar-refractivity contribution in [3.05, 3.63) is 30.6 Å². The minimum atomic E-state index is -3.51. The number of nitrogens with zero attached hydrogens (tertiary/aromatic N) is 3. The van der Waals surface area contributed by atoms with E-state index >= 15 is 0 Å². The molecule has 0 aliphatic carbocycles. The summed E-state index contributed by atoms with van der Waals surface area (Å²) in [5, 5.41) is 7.10. The fourth-order valence-electron chi connectivity index (χ4n) is 1.85. The molecule has 2 rings (SSSR count). The number of aromatic nitrogens is 4. The average Bonchev–Trinajstić information content (AvgIpc) is 3.10. The first-order valence-electron chi connectivity index (χ1n) is 6.77. The quantitative estimate of drug-likeness (QED) is 0.553. The summed E-state index contributed by atoms with van der Waals surface area (Å²) in [5.41, 5.74) is 0. The smallest absolute Gasteiger partial charge is 0.243 e. The van der Waals surface area contributed by atoms with Crippen molar-refractivity contribution in [3.8, 4) is 0 Å². The van der Waals surface area contributed by atoms with Gasteiger partial charge in [0.2, 0.25) is 10.0 Å². The zero-order valence-corrected chi connectivity index (χ0v) is 12.7. The van der Waals surface area contributed by atoms with Crippen molar-refractivity contribution >= 4 is 10.0 Å². The van der Waals surface area contributed by atoms with E-state index in [-0.39, 0.29) is 4.90 Å². The Labute approximate surface area is 124 Å². The molecule has 0 unspecified atom stereocenters. The molecule has 0 bridgehead atoms. The summed E-state index contributed by atoms with van der Waals surface area (Å²) in [6, 6.07) is 0. The van der Waals surface area contributed by atoms with Crippen LogP contribution in [0.15, 0.2) is 29.7 Å². The van der Waals surface area contributed by atoms with Gasteiger partial charge in [0, 0.05) is 38.1 Å². The third-order valence-electron chi connectivity index (χ3n) is 2.94. The maximum absolute atomic E-state index is 12.1. The summed E-state index contributed by atoms with van der Waals surface area (Å²) >= 11 is 0. The number of H-pyrrole nitrogens is 1. The summed E-state index contributed by atoms with van der Waals surface area (Å²) in [5.74, 6) is 0.750. The highest BCUT2D eigenvalue weighted by molar-refractivity contribution is 7.89. The van der Waals surface area contributed by atoms with Crippen molar-refractivity contribution in [2.45, 2.75) is 24.3 Å². The van der Waals surface area contributed by atoms with Crippen molar-refractivity contribution in [3.63, 3.8) is 0 Å². The van der Waals surface area contributed by atoms with Crippen LogP contribution in [0.5, 0.6) is 0 Å². The van der Waals surface area contributed by atoms with Gasteiger partial charge < -0.3 is 10.3 Å². The maximum Gasteiger partial charge on any atom is 0.243 e. The topological polar surface area (TPSA) is 105 Å². The van der Waals surface area contributed by atoms with Gasteiger partial charge in [0.1, 0.15) is 10.7 Å². The molecule has 0 aromatic carbocycles. The highest BCUT2D eigenvalue weighted by Gasteiger charge is 2.15. The van der Waals surface area contributed by atoms with Gasteiger partial charge in [0.25, 0.3) is 0 Å². The second-order valence-electron chi connectivity index (χ2n) is 4.58. The molecule has 0 aliphatic heterocycles. The van der Waals surface area contributed by atoms with E-state index in [2.05, 4.69) is 25.1 Å². The number of imidazole rings is 1. The Bertz CT molecular complexity index is 635. The summed E-state index contributed by atoms with van der Waals surface area (Å²) in [4.78, 5) is 7.16. The van der Waals surface area contributed by atoms with E-state index < -0.39 is 10.0 Å². The average molecular weight is 312 g/mol. The van der Waals surface area contributed by atoms with Crippen LogP contribution in [0, 0.1) is 0 Å². The molecule has 0 saturated carbocycles. The van der Waals surface area contributed by atoms with Crippen molar-refractivity contribution < 1.29 is 8.42 Å². The van der Waals surface area contributed by atoms with Gasteiger partial charge in [0.15, 0.2) is 0 Å². The summed E-state index contributed by atoms with van der Waals surface area (Å²) in [6.45, 7) is 1.84. The Morgan fingerprint density at radius 1 is 1.38 bits per heavy atom. The Hall–Kier alpha value is -1.71. The molecule has 0 atom stereocenters. The third kappa shape index (κ3) is 4.66. The van der Waals surface area contributed by atoms with Crippen LogP contribution in [0.3, 0.4) is 0 Å². The van der Waals surface area contributed by atoms with Crippen molar-refractivity contribution in [1.29, 1.82) is 0 Å². The zero-order valence-electron chi connectivity index (χ0n) is 11.9. The lowest BCUT2D eigenvalue weighted by Gasteiger charge is -2.03. The summed E-state index contributed by atoms with van der Waals surface area (Å²) in [7, 11) is -1.64. The molecule has 0 fully saturated rings. The zero-order chi connectivity index (χ0) is 15.1. The summed E-state index contributed by atoms with van der Waals surface area (Å²) < 4.78 is 28.4. The Morgan fingerprint density at radius 2 is 2.24 bits per heavy atom. The largest absolute Gasteiger partial charge is 0.349 e. The fraction of sp³-hybridized carbons (Fsp3) is 0.500. The number of sulfonamides is 1. The van der Waals surface area contributed by atoms with E-state index in [4.69, 9.17) is 0 Å². The second kappa shape index (κ2) is 7.34. The first-order valence-corrected chi connectivity index (χ1v) is 8.25. The standard InChI is InChI=1S/C12H20N6O2S/c1-13-4-2-8-18-10-11(9-16-18)21(19,20)17-5-3-12-14-6-7-15-12/h6-7,9-10,13,17H,2-5,8H2,1H3,(H,14,15). The van der Waals surface area contributed by atoms with E-state index in [9.17, 15) is 8.42 Å².